The molecule has 0 saturated carbocycles. The molecule has 1 aromatic rings. The lowest BCUT2D eigenvalue weighted by molar-refractivity contribution is -0.116. The summed E-state index contributed by atoms with van der Waals surface area (Å²) >= 11 is 0. The van der Waals surface area contributed by atoms with Gasteiger partial charge in [0.15, 0.2) is 0 Å². The van der Waals surface area contributed by atoms with E-state index in [0.29, 0.717) is 18.3 Å². The molecule has 6 nitrogen and oxygen atoms in total. The summed E-state index contributed by atoms with van der Waals surface area (Å²) in [5, 5.41) is 6.44. The van der Waals surface area contributed by atoms with Gasteiger partial charge in [-0.15, -0.1) is 0 Å². The van der Waals surface area contributed by atoms with E-state index in [0.717, 1.165) is 5.69 Å². The monoisotopic (exact) mass is 211 g/mol. The van der Waals surface area contributed by atoms with Gasteiger partial charge in [-0.05, 0) is 5.92 Å². The van der Waals surface area contributed by atoms with Gasteiger partial charge in [-0.3, -0.25) is 9.89 Å². The number of anilines is 2. The van der Waals surface area contributed by atoms with Crippen molar-refractivity contribution in [1.82, 2.24) is 10.2 Å². The molecule has 1 aromatic heterocycles. The van der Waals surface area contributed by atoms with Crippen LogP contribution >= 0.6 is 0 Å². The Morgan fingerprint density at radius 2 is 2.33 bits per heavy atom. The summed E-state index contributed by atoms with van der Waals surface area (Å²) < 4.78 is 0. The molecule has 0 spiro atoms. The second-order valence-corrected chi connectivity index (χ2v) is 3.91. The number of H-pyrrole nitrogens is 1. The van der Waals surface area contributed by atoms with Crippen LogP contribution in [0.15, 0.2) is 6.20 Å². The zero-order chi connectivity index (χ0) is 11.4. The van der Waals surface area contributed by atoms with Crippen molar-refractivity contribution in [3.63, 3.8) is 0 Å². The highest BCUT2D eigenvalue weighted by Crippen LogP contribution is 2.20. The van der Waals surface area contributed by atoms with Crippen molar-refractivity contribution in [2.45, 2.75) is 13.8 Å². The Bertz CT molecular complexity index is 333. The van der Waals surface area contributed by atoms with Crippen LogP contribution in [0.1, 0.15) is 13.8 Å². The van der Waals surface area contributed by atoms with E-state index >= 15 is 0 Å². The number of nitrogens with zero attached hydrogens (tertiary/aromatic N) is 2. The van der Waals surface area contributed by atoms with Gasteiger partial charge in [0.2, 0.25) is 5.91 Å². The van der Waals surface area contributed by atoms with Crippen LogP contribution in [-0.2, 0) is 4.79 Å². The molecule has 1 heterocycles. The summed E-state index contributed by atoms with van der Waals surface area (Å²) in [5.74, 6) is 0.492. The lowest BCUT2D eigenvalue weighted by Gasteiger charge is -2.23. The number of amides is 1. The minimum atomic E-state index is -0.378. The Kier molecular flexibility index (Phi) is 3.54. The second kappa shape index (κ2) is 4.68. The Morgan fingerprint density at radius 3 is 2.73 bits per heavy atom. The minimum absolute atomic E-state index is 0.155. The Hall–Kier alpha value is -1.72. The fraction of sp³-hybridized carbons (Fsp3) is 0.556. The molecule has 0 aliphatic heterocycles. The van der Waals surface area contributed by atoms with Gasteiger partial charge < -0.3 is 16.4 Å². The Balaban J connectivity index is 2.81. The number of carbonyl (C=O) groups excluding carboxylic acids is 1. The third-order valence-corrected chi connectivity index (χ3v) is 1.92. The van der Waals surface area contributed by atoms with Gasteiger partial charge >= 0.3 is 0 Å². The molecule has 84 valence electrons. The third-order valence-electron chi connectivity index (χ3n) is 1.92. The lowest BCUT2D eigenvalue weighted by Crippen LogP contribution is -2.36. The normalized spacial score (nSPS) is 10.6. The molecule has 0 unspecified atom stereocenters. The van der Waals surface area contributed by atoms with E-state index in [1.807, 2.05) is 4.90 Å². The first-order valence-corrected chi connectivity index (χ1v) is 4.82. The van der Waals surface area contributed by atoms with Crippen LogP contribution in [0.5, 0.6) is 0 Å². The largest absolute Gasteiger partial charge is 0.382 e. The molecular formula is C9H17N5O. The van der Waals surface area contributed by atoms with Crippen molar-refractivity contribution in [2.24, 2.45) is 11.7 Å². The molecule has 0 radical (unpaired) electrons. The van der Waals surface area contributed by atoms with E-state index in [-0.39, 0.29) is 12.5 Å². The summed E-state index contributed by atoms with van der Waals surface area (Å²) in [6.45, 7) is 4.99. The lowest BCUT2D eigenvalue weighted by atomic mass is 10.2. The van der Waals surface area contributed by atoms with E-state index in [2.05, 4.69) is 24.0 Å². The number of nitrogens with two attached hydrogens (primary N) is 2. The Labute approximate surface area is 88.6 Å². The number of aromatic nitrogens is 2. The molecule has 1 amide bonds. The molecule has 0 aromatic carbocycles. The molecule has 0 saturated heterocycles. The van der Waals surface area contributed by atoms with Gasteiger partial charge in [-0.1, -0.05) is 13.8 Å². The number of aromatic amines is 1. The summed E-state index contributed by atoms with van der Waals surface area (Å²) in [6.07, 6.45) is 1.60. The highest BCUT2D eigenvalue weighted by molar-refractivity contribution is 5.80. The maximum atomic E-state index is 10.9. The van der Waals surface area contributed by atoms with Gasteiger partial charge in [0.1, 0.15) is 5.82 Å². The fourth-order valence-corrected chi connectivity index (χ4v) is 1.42. The van der Waals surface area contributed by atoms with Crippen LogP contribution < -0.4 is 16.4 Å². The van der Waals surface area contributed by atoms with Crippen LogP contribution in [0.2, 0.25) is 0 Å². The second-order valence-electron chi connectivity index (χ2n) is 3.91. The zero-order valence-electron chi connectivity index (χ0n) is 9.03. The van der Waals surface area contributed by atoms with Crippen LogP contribution in [-0.4, -0.2) is 29.2 Å². The van der Waals surface area contributed by atoms with E-state index in [4.69, 9.17) is 11.5 Å². The van der Waals surface area contributed by atoms with Crippen molar-refractivity contribution >= 4 is 17.4 Å². The number of hydrogen-bond acceptors (Lipinski definition) is 4. The first-order chi connectivity index (χ1) is 7.00. The molecule has 0 atom stereocenters. The molecular weight excluding hydrogens is 194 g/mol. The SMILES string of the molecule is CC(C)CN(CC(N)=O)c1cn[nH]c1N. The summed E-state index contributed by atoms with van der Waals surface area (Å²) in [6, 6.07) is 0. The third kappa shape index (κ3) is 3.16. The maximum absolute atomic E-state index is 10.9. The van der Waals surface area contributed by atoms with E-state index < -0.39 is 0 Å². The summed E-state index contributed by atoms with van der Waals surface area (Å²) in [7, 11) is 0. The molecule has 6 heteroatoms. The summed E-state index contributed by atoms with van der Waals surface area (Å²) in [4.78, 5) is 12.7. The first-order valence-electron chi connectivity index (χ1n) is 4.82. The van der Waals surface area contributed by atoms with Gasteiger partial charge in [0.25, 0.3) is 0 Å². The van der Waals surface area contributed by atoms with Gasteiger partial charge in [0, 0.05) is 6.54 Å². The molecule has 0 aliphatic carbocycles. The van der Waals surface area contributed by atoms with Crippen molar-refractivity contribution in [3.05, 3.63) is 6.20 Å². The average molecular weight is 211 g/mol. The van der Waals surface area contributed by atoms with Crippen molar-refractivity contribution in [3.8, 4) is 0 Å². The number of rotatable bonds is 5. The smallest absolute Gasteiger partial charge is 0.236 e. The number of primary amides is 1. The number of nitrogen functional groups attached to an aromatic ring is 1. The minimum Gasteiger partial charge on any atom is -0.382 e. The Morgan fingerprint density at radius 1 is 1.67 bits per heavy atom. The molecule has 0 bridgehead atoms. The quantitative estimate of drug-likeness (QED) is 0.635. The van der Waals surface area contributed by atoms with E-state index in [1.165, 1.54) is 0 Å². The zero-order valence-corrected chi connectivity index (χ0v) is 9.03. The maximum Gasteiger partial charge on any atom is 0.236 e. The predicted octanol–water partition coefficient (Wildman–Crippen LogP) is -0.0604. The highest BCUT2D eigenvalue weighted by Gasteiger charge is 2.14. The van der Waals surface area contributed by atoms with Gasteiger partial charge in [-0.25, -0.2) is 0 Å². The van der Waals surface area contributed by atoms with E-state index in [1.54, 1.807) is 6.20 Å². The highest BCUT2D eigenvalue weighted by atomic mass is 16.1. The van der Waals surface area contributed by atoms with Crippen molar-refractivity contribution < 1.29 is 4.79 Å². The van der Waals surface area contributed by atoms with Crippen molar-refractivity contribution in [1.29, 1.82) is 0 Å². The number of nitrogens with one attached hydrogen (secondary N) is 1. The van der Waals surface area contributed by atoms with Crippen molar-refractivity contribution in [2.75, 3.05) is 23.7 Å². The molecule has 0 aliphatic rings. The first kappa shape index (κ1) is 11.4. The summed E-state index contributed by atoms with van der Waals surface area (Å²) in [5.41, 5.74) is 11.6. The molecule has 0 fully saturated rings. The van der Waals surface area contributed by atoms with Crippen LogP contribution in [0, 0.1) is 5.92 Å². The topological polar surface area (TPSA) is 101 Å². The van der Waals surface area contributed by atoms with Crippen LogP contribution in [0.4, 0.5) is 11.5 Å². The molecule has 1 rings (SSSR count). The average Bonchev–Trinajstić information content (AvgIpc) is 2.48. The predicted molar refractivity (Wildman–Crippen MR) is 59.2 cm³/mol. The number of carbonyl (C=O) groups is 1. The van der Waals surface area contributed by atoms with Gasteiger partial charge in [0.05, 0.1) is 18.4 Å². The van der Waals surface area contributed by atoms with Crippen LogP contribution in [0.25, 0.3) is 0 Å². The molecule has 5 N–H and O–H groups in total. The van der Waals surface area contributed by atoms with Gasteiger partial charge in [-0.2, -0.15) is 5.10 Å². The van der Waals surface area contributed by atoms with Crippen LogP contribution in [0.3, 0.4) is 0 Å². The standard InChI is InChI=1S/C9H17N5O/c1-6(2)4-14(5-8(10)15)7-3-12-13-9(7)11/h3,6H,4-5H2,1-2H3,(H2,10,15)(H3,11,12,13). The molecule has 15 heavy (non-hydrogen) atoms. The fourth-order valence-electron chi connectivity index (χ4n) is 1.42. The van der Waals surface area contributed by atoms with E-state index in [9.17, 15) is 4.79 Å². The number of hydrogen-bond donors (Lipinski definition) is 3.